The van der Waals surface area contributed by atoms with Gasteiger partial charge in [-0.3, -0.25) is 0 Å². The fourth-order valence-corrected chi connectivity index (χ4v) is 4.16. The fourth-order valence-electron chi connectivity index (χ4n) is 4.16. The minimum absolute atomic E-state index is 0.0283. The van der Waals surface area contributed by atoms with Gasteiger partial charge in [-0.2, -0.15) is 5.10 Å². The number of carboxylic acid groups (broad SMARTS) is 1. The van der Waals surface area contributed by atoms with Gasteiger partial charge in [0.25, 0.3) is 0 Å². The van der Waals surface area contributed by atoms with Crippen LogP contribution in [0.2, 0.25) is 0 Å². The molecule has 0 spiro atoms. The van der Waals surface area contributed by atoms with Crippen LogP contribution in [-0.4, -0.2) is 27.4 Å². The van der Waals surface area contributed by atoms with Gasteiger partial charge in [0.15, 0.2) is 0 Å². The van der Waals surface area contributed by atoms with Gasteiger partial charge in [-0.25, -0.2) is 9.48 Å². The zero-order valence-corrected chi connectivity index (χ0v) is 16.3. The van der Waals surface area contributed by atoms with Crippen LogP contribution in [0.1, 0.15) is 38.7 Å². The van der Waals surface area contributed by atoms with Crippen molar-refractivity contribution < 1.29 is 9.90 Å². The van der Waals surface area contributed by atoms with Gasteiger partial charge in [0.1, 0.15) is 5.82 Å². The number of fused-ring (bicyclic) bond motifs is 1. The summed E-state index contributed by atoms with van der Waals surface area (Å²) in [6, 6.07) is 27.7. The molecular formula is C25H21N3O2. The van der Waals surface area contributed by atoms with Crippen LogP contribution in [0.4, 0.5) is 5.82 Å². The summed E-state index contributed by atoms with van der Waals surface area (Å²) < 4.78 is 1.90. The Morgan fingerprint density at radius 3 is 2.07 bits per heavy atom. The topological polar surface area (TPSA) is 67.1 Å². The number of benzene rings is 3. The summed E-state index contributed by atoms with van der Waals surface area (Å²) in [5.41, 5.74) is 5.76. The molecule has 0 saturated carbocycles. The van der Waals surface area contributed by atoms with Crippen molar-refractivity contribution in [1.82, 2.24) is 9.78 Å². The Hall–Kier alpha value is -3.86. The number of carbonyl (C=O) groups is 1. The van der Waals surface area contributed by atoms with Crippen LogP contribution in [-0.2, 0) is 6.42 Å². The lowest BCUT2D eigenvalue weighted by Gasteiger charge is -2.17. The summed E-state index contributed by atoms with van der Waals surface area (Å²) in [7, 11) is 0. The predicted octanol–water partition coefficient (Wildman–Crippen LogP) is 4.72. The van der Waals surface area contributed by atoms with Crippen molar-refractivity contribution in [2.45, 2.75) is 12.3 Å². The minimum atomic E-state index is -0.931. The number of aromatic nitrogens is 2. The summed E-state index contributed by atoms with van der Waals surface area (Å²) in [6.45, 7) is 0.865. The van der Waals surface area contributed by atoms with Gasteiger partial charge in [-0.05, 0) is 41.8 Å². The second-order valence-electron chi connectivity index (χ2n) is 7.41. The molecule has 2 N–H and O–H groups in total. The van der Waals surface area contributed by atoms with Crippen LogP contribution in [0.3, 0.4) is 0 Å². The molecule has 5 heteroatoms. The lowest BCUT2D eigenvalue weighted by atomic mass is 9.86. The smallest absolute Gasteiger partial charge is 0.335 e. The van der Waals surface area contributed by atoms with Gasteiger partial charge in [0.05, 0.1) is 22.9 Å². The van der Waals surface area contributed by atoms with Crippen molar-refractivity contribution in [3.05, 3.63) is 113 Å². The van der Waals surface area contributed by atoms with Gasteiger partial charge in [-0.1, -0.05) is 60.7 Å². The van der Waals surface area contributed by atoms with Crippen molar-refractivity contribution >= 4 is 11.8 Å². The molecule has 3 aromatic carbocycles. The maximum absolute atomic E-state index is 11.2. The van der Waals surface area contributed by atoms with Crippen molar-refractivity contribution in [2.24, 2.45) is 0 Å². The molecule has 5 nitrogen and oxygen atoms in total. The third-order valence-corrected chi connectivity index (χ3v) is 5.58. The maximum atomic E-state index is 11.2. The van der Waals surface area contributed by atoms with Gasteiger partial charge in [-0.15, -0.1) is 0 Å². The first kappa shape index (κ1) is 18.2. The number of carboxylic acids is 1. The van der Waals surface area contributed by atoms with E-state index in [4.69, 9.17) is 5.10 Å². The first-order valence-corrected chi connectivity index (χ1v) is 10.0. The molecule has 30 heavy (non-hydrogen) atoms. The van der Waals surface area contributed by atoms with Crippen LogP contribution < -0.4 is 5.32 Å². The van der Waals surface area contributed by atoms with Gasteiger partial charge < -0.3 is 10.4 Å². The molecule has 1 aliphatic rings. The fraction of sp³-hybridized carbons (Fsp3) is 0.120. The number of nitrogens with zero attached hydrogens (tertiary/aromatic N) is 2. The summed E-state index contributed by atoms with van der Waals surface area (Å²) in [4.78, 5) is 11.2. The molecule has 0 amide bonds. The van der Waals surface area contributed by atoms with Gasteiger partial charge >= 0.3 is 5.97 Å². The van der Waals surface area contributed by atoms with Crippen LogP contribution >= 0.6 is 0 Å². The molecule has 5 rings (SSSR count). The number of hydrogen-bond acceptors (Lipinski definition) is 3. The van der Waals surface area contributed by atoms with E-state index in [0.717, 1.165) is 30.2 Å². The Morgan fingerprint density at radius 1 is 0.900 bits per heavy atom. The van der Waals surface area contributed by atoms with E-state index in [2.05, 4.69) is 53.8 Å². The average molecular weight is 395 g/mol. The molecule has 0 unspecified atom stereocenters. The molecule has 0 fully saturated rings. The highest BCUT2D eigenvalue weighted by atomic mass is 16.4. The molecule has 1 aliphatic heterocycles. The SMILES string of the molecule is O=C(O)c1ccc(-n2nc(C(c3ccccc3)c3ccccc3)c3c2NCC3)cc1. The van der Waals surface area contributed by atoms with E-state index in [9.17, 15) is 9.90 Å². The quantitative estimate of drug-likeness (QED) is 0.513. The van der Waals surface area contributed by atoms with E-state index in [1.165, 1.54) is 16.7 Å². The monoisotopic (exact) mass is 395 g/mol. The molecule has 0 saturated heterocycles. The number of aromatic carboxylic acids is 1. The summed E-state index contributed by atoms with van der Waals surface area (Å²) in [6.07, 6.45) is 0.911. The average Bonchev–Trinajstić information content (AvgIpc) is 3.39. The number of nitrogens with one attached hydrogen (secondary N) is 1. The molecule has 2 heterocycles. The third-order valence-electron chi connectivity index (χ3n) is 5.58. The van der Waals surface area contributed by atoms with Crippen molar-refractivity contribution in [2.75, 3.05) is 11.9 Å². The highest BCUT2D eigenvalue weighted by Gasteiger charge is 2.29. The van der Waals surface area contributed by atoms with Crippen LogP contribution in [0, 0.1) is 0 Å². The number of anilines is 1. The van der Waals surface area contributed by atoms with E-state index < -0.39 is 5.97 Å². The Labute approximate surface area is 174 Å². The summed E-state index contributed by atoms with van der Waals surface area (Å²) in [5.74, 6) is 0.0878. The molecule has 0 atom stereocenters. The zero-order chi connectivity index (χ0) is 20.5. The van der Waals surface area contributed by atoms with E-state index in [-0.39, 0.29) is 11.5 Å². The maximum Gasteiger partial charge on any atom is 0.335 e. The van der Waals surface area contributed by atoms with E-state index in [1.807, 2.05) is 16.8 Å². The van der Waals surface area contributed by atoms with E-state index in [1.54, 1.807) is 24.3 Å². The normalized spacial score (nSPS) is 12.6. The molecule has 1 aromatic heterocycles. The number of hydrogen-bond donors (Lipinski definition) is 2. The lowest BCUT2D eigenvalue weighted by Crippen LogP contribution is -2.09. The molecular weight excluding hydrogens is 374 g/mol. The first-order chi connectivity index (χ1) is 14.7. The Bertz CT molecular complexity index is 1140. The molecule has 148 valence electrons. The van der Waals surface area contributed by atoms with Gasteiger partial charge in [0, 0.05) is 12.1 Å². The second-order valence-corrected chi connectivity index (χ2v) is 7.41. The molecule has 0 radical (unpaired) electrons. The minimum Gasteiger partial charge on any atom is -0.478 e. The second kappa shape index (κ2) is 7.52. The number of rotatable bonds is 5. The largest absolute Gasteiger partial charge is 0.478 e. The highest BCUT2D eigenvalue weighted by molar-refractivity contribution is 5.87. The van der Waals surface area contributed by atoms with Crippen molar-refractivity contribution in [3.8, 4) is 5.69 Å². The van der Waals surface area contributed by atoms with Crippen LogP contribution in [0.15, 0.2) is 84.9 Å². The Morgan fingerprint density at radius 2 is 1.50 bits per heavy atom. The summed E-state index contributed by atoms with van der Waals surface area (Å²) in [5, 5.41) is 17.7. The third kappa shape index (κ3) is 3.14. The van der Waals surface area contributed by atoms with Gasteiger partial charge in [0.2, 0.25) is 0 Å². The first-order valence-electron chi connectivity index (χ1n) is 10.0. The Kier molecular flexibility index (Phi) is 4.56. The molecule has 4 aromatic rings. The van der Waals surface area contributed by atoms with Crippen molar-refractivity contribution in [1.29, 1.82) is 0 Å². The summed E-state index contributed by atoms with van der Waals surface area (Å²) >= 11 is 0. The van der Waals surface area contributed by atoms with Crippen LogP contribution in [0.5, 0.6) is 0 Å². The zero-order valence-electron chi connectivity index (χ0n) is 16.3. The van der Waals surface area contributed by atoms with Crippen LogP contribution in [0.25, 0.3) is 5.69 Å². The Balaban J connectivity index is 1.66. The predicted molar refractivity (Wildman–Crippen MR) is 117 cm³/mol. The highest BCUT2D eigenvalue weighted by Crippen LogP contribution is 2.38. The van der Waals surface area contributed by atoms with E-state index >= 15 is 0 Å². The van der Waals surface area contributed by atoms with Crippen molar-refractivity contribution in [3.63, 3.8) is 0 Å². The van der Waals surface area contributed by atoms with E-state index in [0.29, 0.717) is 0 Å². The molecule has 0 bridgehead atoms. The standard InChI is InChI=1S/C25H21N3O2/c29-25(30)19-11-13-20(14-12-19)28-24-21(15-16-26-24)23(27-28)22(17-7-3-1-4-8-17)18-9-5-2-6-10-18/h1-14,22,26H,15-16H2,(H,29,30). The lowest BCUT2D eigenvalue weighted by molar-refractivity contribution is 0.0697. The molecule has 0 aliphatic carbocycles.